The Hall–Kier alpha value is -2.70. The first-order valence-electron chi connectivity index (χ1n) is 9.47. The quantitative estimate of drug-likeness (QED) is 0.803. The predicted octanol–water partition coefficient (Wildman–Crippen LogP) is 3.80. The fourth-order valence-electron chi connectivity index (χ4n) is 3.26. The molecule has 28 heavy (non-hydrogen) atoms. The second-order valence-electron chi connectivity index (χ2n) is 8.29. The van der Waals surface area contributed by atoms with Crippen molar-refractivity contribution < 1.29 is 13.9 Å². The molecule has 0 radical (unpaired) electrons. The molecule has 0 spiro atoms. The lowest BCUT2D eigenvalue weighted by Gasteiger charge is -2.42. The van der Waals surface area contributed by atoms with Crippen LogP contribution in [0.3, 0.4) is 0 Å². The summed E-state index contributed by atoms with van der Waals surface area (Å²) in [5.74, 6) is 0.844. The van der Waals surface area contributed by atoms with E-state index in [0.29, 0.717) is 25.5 Å². The van der Waals surface area contributed by atoms with Crippen LogP contribution in [0.25, 0.3) is 0 Å². The number of piperazine rings is 1. The summed E-state index contributed by atoms with van der Waals surface area (Å²) in [5, 5.41) is 0. The highest BCUT2D eigenvalue weighted by molar-refractivity contribution is 5.82. The third kappa shape index (κ3) is 4.40. The third-order valence-electron chi connectivity index (χ3n) is 4.78. The van der Waals surface area contributed by atoms with Crippen molar-refractivity contribution in [3.63, 3.8) is 0 Å². The number of nitrogens with zero attached hydrogens (tertiary/aromatic N) is 4. The van der Waals surface area contributed by atoms with Crippen molar-refractivity contribution >= 4 is 11.7 Å². The lowest BCUT2D eigenvalue weighted by atomic mass is 9.93. The molecule has 1 fully saturated rings. The average molecular weight is 386 g/mol. The van der Waals surface area contributed by atoms with E-state index in [0.717, 1.165) is 5.56 Å². The molecule has 0 aliphatic carbocycles. The number of carbonyl (C=O) groups excluding carboxylic acids is 1. The highest BCUT2D eigenvalue weighted by Gasteiger charge is 2.34. The third-order valence-corrected chi connectivity index (χ3v) is 4.78. The molecule has 7 heteroatoms. The van der Waals surface area contributed by atoms with E-state index in [9.17, 15) is 9.18 Å². The van der Waals surface area contributed by atoms with Gasteiger partial charge in [0.05, 0.1) is 0 Å². The van der Waals surface area contributed by atoms with E-state index < -0.39 is 11.2 Å². The van der Waals surface area contributed by atoms with Gasteiger partial charge in [0.15, 0.2) is 11.6 Å². The zero-order chi connectivity index (χ0) is 20.5. The van der Waals surface area contributed by atoms with Crippen LogP contribution in [0.2, 0.25) is 0 Å². The summed E-state index contributed by atoms with van der Waals surface area (Å²) in [7, 11) is 0. The number of ether oxygens (including phenoxy) is 1. The Morgan fingerprint density at radius 1 is 1.21 bits per heavy atom. The molecule has 1 aromatic heterocycles. The minimum atomic E-state index is -0.436. The number of carbonyl (C=O) groups is 1. The van der Waals surface area contributed by atoms with Crippen molar-refractivity contribution in [2.75, 3.05) is 24.5 Å². The summed E-state index contributed by atoms with van der Waals surface area (Å²) >= 11 is 0. The van der Waals surface area contributed by atoms with Crippen molar-refractivity contribution in [2.24, 2.45) is 5.41 Å². The second kappa shape index (κ2) is 7.73. The summed E-state index contributed by atoms with van der Waals surface area (Å²) in [4.78, 5) is 25.1. The molecule has 0 bridgehead atoms. The molecule has 1 atom stereocenters. The maximum Gasteiger partial charge on any atom is 0.228 e. The van der Waals surface area contributed by atoms with Crippen LogP contribution in [0.5, 0.6) is 11.6 Å². The average Bonchev–Trinajstić information content (AvgIpc) is 2.63. The van der Waals surface area contributed by atoms with Gasteiger partial charge < -0.3 is 14.5 Å². The number of aryl methyl sites for hydroxylation is 1. The van der Waals surface area contributed by atoms with Gasteiger partial charge in [0, 0.05) is 37.2 Å². The largest absolute Gasteiger partial charge is 0.436 e. The minimum Gasteiger partial charge on any atom is -0.436 e. The SMILES string of the molecule is Cc1ccc(F)c(Oc2cc(N3CCN(C(=O)C(C)(C)C)C(C)C3)ncn2)c1. The highest BCUT2D eigenvalue weighted by atomic mass is 19.1. The normalized spacial score (nSPS) is 17.6. The van der Waals surface area contributed by atoms with Gasteiger partial charge in [-0.2, -0.15) is 0 Å². The summed E-state index contributed by atoms with van der Waals surface area (Å²) in [6.07, 6.45) is 1.41. The van der Waals surface area contributed by atoms with E-state index >= 15 is 0 Å². The number of amides is 1. The number of hydrogen-bond acceptors (Lipinski definition) is 5. The summed E-state index contributed by atoms with van der Waals surface area (Å²) in [5.41, 5.74) is 0.503. The molecule has 1 aliphatic heterocycles. The zero-order valence-electron chi connectivity index (χ0n) is 17.1. The number of rotatable bonds is 3. The predicted molar refractivity (Wildman–Crippen MR) is 106 cm³/mol. The van der Waals surface area contributed by atoms with E-state index in [1.165, 1.54) is 12.4 Å². The van der Waals surface area contributed by atoms with Crippen LogP contribution in [-0.4, -0.2) is 46.5 Å². The highest BCUT2D eigenvalue weighted by Crippen LogP contribution is 2.27. The Labute approximate surface area is 165 Å². The number of halogens is 1. The number of anilines is 1. The Balaban J connectivity index is 1.73. The van der Waals surface area contributed by atoms with Gasteiger partial charge in [-0.25, -0.2) is 14.4 Å². The smallest absolute Gasteiger partial charge is 0.228 e. The number of benzene rings is 1. The van der Waals surface area contributed by atoms with Crippen LogP contribution in [0.1, 0.15) is 33.3 Å². The molecule has 2 heterocycles. The van der Waals surface area contributed by atoms with Gasteiger partial charge in [0.1, 0.15) is 12.1 Å². The summed E-state index contributed by atoms with van der Waals surface area (Å²) in [6, 6.07) is 6.47. The molecular formula is C21H27FN4O2. The summed E-state index contributed by atoms with van der Waals surface area (Å²) in [6.45, 7) is 11.7. The first-order valence-corrected chi connectivity index (χ1v) is 9.47. The van der Waals surface area contributed by atoms with E-state index in [1.807, 2.05) is 39.5 Å². The van der Waals surface area contributed by atoms with Crippen LogP contribution < -0.4 is 9.64 Å². The maximum absolute atomic E-state index is 14.0. The van der Waals surface area contributed by atoms with E-state index in [4.69, 9.17) is 4.74 Å². The van der Waals surface area contributed by atoms with Crippen molar-refractivity contribution in [3.8, 4) is 11.6 Å². The Kier molecular flexibility index (Phi) is 5.54. The molecule has 1 aromatic carbocycles. The van der Waals surface area contributed by atoms with E-state index in [1.54, 1.807) is 18.2 Å². The monoisotopic (exact) mass is 386 g/mol. The Bertz CT molecular complexity index is 866. The molecule has 3 rings (SSSR count). The van der Waals surface area contributed by atoms with Crippen molar-refractivity contribution in [2.45, 2.75) is 40.7 Å². The molecule has 150 valence electrons. The molecule has 0 N–H and O–H groups in total. The fourth-order valence-corrected chi connectivity index (χ4v) is 3.26. The van der Waals surface area contributed by atoms with Crippen LogP contribution in [0, 0.1) is 18.2 Å². The molecule has 6 nitrogen and oxygen atoms in total. The molecule has 1 aliphatic rings. The van der Waals surface area contributed by atoms with Crippen molar-refractivity contribution in [3.05, 3.63) is 42.0 Å². The van der Waals surface area contributed by atoms with Gasteiger partial charge in [0.25, 0.3) is 0 Å². The maximum atomic E-state index is 14.0. The number of aromatic nitrogens is 2. The van der Waals surface area contributed by atoms with Crippen LogP contribution in [-0.2, 0) is 4.79 Å². The van der Waals surface area contributed by atoms with Crippen LogP contribution in [0.4, 0.5) is 10.2 Å². The lowest BCUT2D eigenvalue weighted by molar-refractivity contribution is -0.142. The Morgan fingerprint density at radius 2 is 1.96 bits per heavy atom. The van der Waals surface area contributed by atoms with Gasteiger partial charge in [0.2, 0.25) is 11.8 Å². The molecular weight excluding hydrogens is 359 g/mol. The van der Waals surface area contributed by atoms with Crippen molar-refractivity contribution in [1.82, 2.24) is 14.9 Å². The van der Waals surface area contributed by atoms with Gasteiger partial charge in [-0.1, -0.05) is 26.8 Å². The molecule has 0 saturated carbocycles. The standard InChI is InChI=1S/C21H27FN4O2/c1-14-6-7-16(22)17(10-14)28-19-11-18(23-13-24-19)25-8-9-26(15(2)12-25)20(27)21(3,4)5/h6-7,10-11,13,15H,8-9,12H2,1-5H3. The van der Waals surface area contributed by atoms with Gasteiger partial charge >= 0.3 is 0 Å². The van der Waals surface area contributed by atoms with Crippen molar-refractivity contribution in [1.29, 1.82) is 0 Å². The molecule has 1 amide bonds. The topological polar surface area (TPSA) is 58.6 Å². The van der Waals surface area contributed by atoms with Gasteiger partial charge in [-0.05, 0) is 31.5 Å². The van der Waals surface area contributed by atoms with E-state index in [-0.39, 0.29) is 23.6 Å². The fraction of sp³-hybridized carbons (Fsp3) is 0.476. The zero-order valence-corrected chi connectivity index (χ0v) is 17.1. The molecule has 1 unspecified atom stereocenters. The number of hydrogen-bond donors (Lipinski definition) is 0. The summed E-state index contributed by atoms with van der Waals surface area (Å²) < 4.78 is 19.6. The Morgan fingerprint density at radius 3 is 2.64 bits per heavy atom. The van der Waals surface area contributed by atoms with E-state index in [2.05, 4.69) is 14.9 Å². The van der Waals surface area contributed by atoms with Gasteiger partial charge in [-0.15, -0.1) is 0 Å². The van der Waals surface area contributed by atoms with Crippen LogP contribution >= 0.6 is 0 Å². The first-order chi connectivity index (χ1) is 13.1. The molecule has 2 aromatic rings. The molecule has 1 saturated heterocycles. The first kappa shape index (κ1) is 20.0. The minimum absolute atomic E-state index is 0.0639. The van der Waals surface area contributed by atoms with Crippen LogP contribution in [0.15, 0.2) is 30.6 Å². The van der Waals surface area contributed by atoms with Gasteiger partial charge in [-0.3, -0.25) is 4.79 Å². The lowest BCUT2D eigenvalue weighted by Crippen LogP contribution is -2.56. The second-order valence-corrected chi connectivity index (χ2v) is 8.29.